The van der Waals surface area contributed by atoms with Crippen molar-refractivity contribution in [2.24, 2.45) is 0 Å². The first-order valence-corrected chi connectivity index (χ1v) is 11.0. The van der Waals surface area contributed by atoms with Crippen molar-refractivity contribution in [1.29, 1.82) is 0 Å². The second kappa shape index (κ2) is 8.12. The molecule has 2 aromatic heterocycles. The maximum Gasteiger partial charge on any atom is 0.290 e. The Hall–Kier alpha value is -3.24. The number of anilines is 1. The Balaban J connectivity index is 1.41. The van der Waals surface area contributed by atoms with Gasteiger partial charge in [-0.25, -0.2) is 0 Å². The predicted octanol–water partition coefficient (Wildman–Crippen LogP) is 2.26. The Morgan fingerprint density at radius 3 is 2.48 bits per heavy atom. The molecule has 158 valence electrons. The molecule has 0 unspecified atom stereocenters. The van der Waals surface area contributed by atoms with E-state index in [0.717, 1.165) is 50.0 Å². The Bertz CT molecular complexity index is 1180. The quantitative estimate of drug-likeness (QED) is 0.624. The Kier molecular flexibility index (Phi) is 5.16. The van der Waals surface area contributed by atoms with Gasteiger partial charge in [-0.1, -0.05) is 6.92 Å². The van der Waals surface area contributed by atoms with Gasteiger partial charge in [0.25, 0.3) is 11.1 Å². The molecule has 1 aromatic carbocycles. The third-order valence-corrected chi connectivity index (χ3v) is 6.33. The van der Waals surface area contributed by atoms with Crippen LogP contribution in [0.15, 0.2) is 41.3 Å². The van der Waals surface area contributed by atoms with Gasteiger partial charge in [0.05, 0.1) is 10.6 Å². The van der Waals surface area contributed by atoms with Gasteiger partial charge in [0.2, 0.25) is 0 Å². The molecule has 0 aliphatic carbocycles. The molecule has 9 nitrogen and oxygen atoms in total. The number of aromatic nitrogens is 4. The molecule has 2 fully saturated rings. The number of nitrogens with zero attached hydrogens (tertiary/aromatic N) is 6. The molecule has 2 aliphatic rings. The summed E-state index contributed by atoms with van der Waals surface area (Å²) in [5.41, 5.74) is 3.26. The van der Waals surface area contributed by atoms with Crippen LogP contribution in [0.4, 0.5) is 10.5 Å². The molecule has 1 N–H and O–H groups in total. The third kappa shape index (κ3) is 3.91. The minimum atomic E-state index is -0.406. The average Bonchev–Trinajstić information content (AvgIpc) is 3.36. The van der Waals surface area contributed by atoms with Crippen LogP contribution in [0.1, 0.15) is 12.6 Å². The first-order chi connectivity index (χ1) is 15.1. The van der Waals surface area contributed by atoms with Crippen LogP contribution in [0.5, 0.6) is 0 Å². The highest BCUT2D eigenvalue weighted by atomic mass is 32.2. The van der Waals surface area contributed by atoms with Crippen molar-refractivity contribution in [3.8, 4) is 11.4 Å². The first-order valence-electron chi connectivity index (χ1n) is 10.2. The SMILES string of the molecule is CCN1CCN(c2ccc(-c3nnc4ccc(/C=C5\SC(=O)NC5=O)nn34)cc2)CC1. The van der Waals surface area contributed by atoms with E-state index < -0.39 is 5.91 Å². The number of imide groups is 1. The molecule has 4 heterocycles. The van der Waals surface area contributed by atoms with Gasteiger partial charge in [0.15, 0.2) is 11.5 Å². The Labute approximate surface area is 183 Å². The maximum absolute atomic E-state index is 11.8. The minimum absolute atomic E-state index is 0.319. The molecule has 3 aromatic rings. The van der Waals surface area contributed by atoms with Crippen LogP contribution in [0.3, 0.4) is 0 Å². The summed E-state index contributed by atoms with van der Waals surface area (Å²) in [4.78, 5) is 28.3. The number of benzene rings is 1. The van der Waals surface area contributed by atoms with Crippen molar-refractivity contribution in [1.82, 2.24) is 30.0 Å². The van der Waals surface area contributed by atoms with E-state index in [0.29, 0.717) is 22.1 Å². The lowest BCUT2D eigenvalue weighted by Gasteiger charge is -2.35. The summed E-state index contributed by atoms with van der Waals surface area (Å²) >= 11 is 0.866. The van der Waals surface area contributed by atoms with Crippen LogP contribution < -0.4 is 10.2 Å². The van der Waals surface area contributed by atoms with Crippen molar-refractivity contribution in [2.75, 3.05) is 37.6 Å². The molecule has 31 heavy (non-hydrogen) atoms. The number of likely N-dealkylation sites (N-methyl/N-ethyl adjacent to an activating group) is 1. The van der Waals surface area contributed by atoms with E-state index in [1.807, 2.05) is 12.1 Å². The summed E-state index contributed by atoms with van der Waals surface area (Å²) < 4.78 is 1.65. The molecule has 2 saturated heterocycles. The highest BCUT2D eigenvalue weighted by Crippen LogP contribution is 2.26. The van der Waals surface area contributed by atoms with E-state index in [-0.39, 0.29) is 5.24 Å². The topological polar surface area (TPSA) is 95.7 Å². The van der Waals surface area contributed by atoms with Crippen LogP contribution in [-0.2, 0) is 4.79 Å². The zero-order chi connectivity index (χ0) is 21.4. The van der Waals surface area contributed by atoms with E-state index >= 15 is 0 Å². The molecule has 10 heteroatoms. The van der Waals surface area contributed by atoms with Crippen molar-refractivity contribution in [3.63, 3.8) is 0 Å². The number of carbonyl (C=O) groups is 2. The zero-order valence-corrected chi connectivity index (χ0v) is 17.8. The fraction of sp³-hybridized carbons (Fsp3) is 0.286. The number of carbonyl (C=O) groups excluding carboxylic acids is 2. The summed E-state index contributed by atoms with van der Waals surface area (Å²) in [7, 11) is 0. The van der Waals surface area contributed by atoms with Gasteiger partial charge in [0.1, 0.15) is 0 Å². The number of rotatable bonds is 4. The number of piperazine rings is 1. The highest BCUT2D eigenvalue weighted by molar-refractivity contribution is 8.18. The van der Waals surface area contributed by atoms with Crippen LogP contribution in [0, 0.1) is 0 Å². The second-order valence-electron chi connectivity index (χ2n) is 7.37. The van der Waals surface area contributed by atoms with Gasteiger partial charge in [-0.05, 0) is 60.8 Å². The van der Waals surface area contributed by atoms with Crippen LogP contribution in [0.25, 0.3) is 23.1 Å². The Morgan fingerprint density at radius 2 is 1.81 bits per heavy atom. The highest BCUT2D eigenvalue weighted by Gasteiger charge is 2.25. The summed E-state index contributed by atoms with van der Waals surface area (Å²) in [6.07, 6.45) is 1.59. The van der Waals surface area contributed by atoms with Crippen molar-refractivity contribution >= 4 is 40.3 Å². The number of hydrogen-bond acceptors (Lipinski definition) is 8. The maximum atomic E-state index is 11.8. The van der Waals surface area contributed by atoms with Crippen molar-refractivity contribution in [3.05, 3.63) is 47.0 Å². The van der Waals surface area contributed by atoms with Gasteiger partial charge in [0, 0.05) is 37.4 Å². The van der Waals surface area contributed by atoms with Crippen LogP contribution >= 0.6 is 11.8 Å². The van der Waals surface area contributed by atoms with Gasteiger partial charge < -0.3 is 9.80 Å². The van der Waals surface area contributed by atoms with E-state index in [9.17, 15) is 9.59 Å². The summed E-state index contributed by atoms with van der Waals surface area (Å²) in [6.45, 7) is 7.50. The number of fused-ring (bicyclic) bond motifs is 1. The first kappa shape index (κ1) is 19.7. The molecule has 5 rings (SSSR count). The van der Waals surface area contributed by atoms with E-state index in [1.54, 1.807) is 22.7 Å². The van der Waals surface area contributed by atoms with E-state index in [4.69, 9.17) is 0 Å². The third-order valence-electron chi connectivity index (χ3n) is 5.51. The van der Waals surface area contributed by atoms with Crippen molar-refractivity contribution in [2.45, 2.75) is 6.92 Å². The molecule has 0 saturated carbocycles. The van der Waals surface area contributed by atoms with Gasteiger partial charge in [-0.15, -0.1) is 10.2 Å². The lowest BCUT2D eigenvalue weighted by Crippen LogP contribution is -2.46. The largest absolute Gasteiger partial charge is 0.369 e. The average molecular weight is 436 g/mol. The summed E-state index contributed by atoms with van der Waals surface area (Å²) in [5, 5.41) is 14.9. The lowest BCUT2D eigenvalue weighted by atomic mass is 10.1. The smallest absolute Gasteiger partial charge is 0.290 e. The fourth-order valence-corrected chi connectivity index (χ4v) is 4.43. The number of amides is 2. The van der Waals surface area contributed by atoms with Gasteiger partial charge >= 0.3 is 0 Å². The summed E-state index contributed by atoms with van der Waals surface area (Å²) in [6, 6.07) is 11.8. The van der Waals surface area contributed by atoms with Crippen LogP contribution in [-0.4, -0.2) is 68.6 Å². The second-order valence-corrected chi connectivity index (χ2v) is 8.39. The van der Waals surface area contributed by atoms with Crippen molar-refractivity contribution < 1.29 is 9.59 Å². The van der Waals surface area contributed by atoms with Gasteiger partial charge in [-0.3, -0.25) is 14.9 Å². The predicted molar refractivity (Wildman–Crippen MR) is 120 cm³/mol. The van der Waals surface area contributed by atoms with E-state index in [2.05, 4.69) is 49.5 Å². The standard InChI is InChI=1S/C21H21N7O2S/c1-2-26-9-11-27(12-10-26)16-6-3-14(4-7-16)19-24-23-18-8-5-15(25-28(18)19)13-17-20(29)22-21(30)31-17/h3-8,13H,2,9-12H2,1H3,(H,22,29,30)/b17-13-. The van der Waals surface area contributed by atoms with Crippen LogP contribution in [0.2, 0.25) is 0 Å². The molecule has 0 atom stereocenters. The Morgan fingerprint density at radius 1 is 1.03 bits per heavy atom. The molecule has 0 spiro atoms. The summed E-state index contributed by atoms with van der Waals surface area (Å²) in [5.74, 6) is 0.216. The molecular weight excluding hydrogens is 414 g/mol. The normalized spacial score (nSPS) is 18.9. The monoisotopic (exact) mass is 435 g/mol. The van der Waals surface area contributed by atoms with E-state index in [1.165, 1.54) is 5.69 Å². The molecule has 0 radical (unpaired) electrons. The molecule has 0 bridgehead atoms. The molecule has 2 amide bonds. The number of nitrogens with one attached hydrogen (secondary N) is 1. The fourth-order valence-electron chi connectivity index (χ4n) is 3.76. The molecule has 2 aliphatic heterocycles. The number of thioether (sulfide) groups is 1. The zero-order valence-electron chi connectivity index (χ0n) is 17.0. The van der Waals surface area contributed by atoms with Gasteiger partial charge in [-0.2, -0.15) is 9.61 Å². The lowest BCUT2D eigenvalue weighted by molar-refractivity contribution is -0.115. The molecular formula is C21H21N7O2S. The number of hydrogen-bond donors (Lipinski definition) is 1. The minimum Gasteiger partial charge on any atom is -0.369 e.